The quantitative estimate of drug-likeness (QED) is 0.124. The van der Waals surface area contributed by atoms with Gasteiger partial charge in [0.25, 0.3) is 0 Å². The van der Waals surface area contributed by atoms with Gasteiger partial charge in [-0.1, -0.05) is 27.7 Å². The minimum atomic E-state index is -1.65. The molecule has 0 bridgehead atoms. The van der Waals surface area contributed by atoms with E-state index < -0.39 is 116 Å². The van der Waals surface area contributed by atoms with E-state index in [0.29, 0.717) is 25.9 Å². The van der Waals surface area contributed by atoms with Crippen molar-refractivity contribution in [3.8, 4) is 0 Å². The normalized spacial score (nSPS) is 61.0. The Hall–Kier alpha value is -0.680. The molecule has 0 radical (unpaired) electrons. The Morgan fingerprint density at radius 2 is 1.29 bits per heavy atom. The molecule has 0 aromatic heterocycles. The lowest BCUT2D eigenvalue weighted by molar-refractivity contribution is -0.345. The Bertz CT molecular complexity index is 1420. The Morgan fingerprint density at radius 1 is 0.696 bits per heavy atom. The average Bonchev–Trinajstić information content (AvgIpc) is 3.60. The van der Waals surface area contributed by atoms with Crippen LogP contribution >= 0.6 is 0 Å². The molecule has 11 N–H and O–H groups in total. The van der Waals surface area contributed by atoms with Crippen molar-refractivity contribution in [2.75, 3.05) is 19.8 Å². The molecule has 8 rings (SSSR count). The highest BCUT2D eigenvalue weighted by atomic mass is 16.7. The van der Waals surface area contributed by atoms with Gasteiger partial charge in [0.05, 0.1) is 55.9 Å². The van der Waals surface area contributed by atoms with Gasteiger partial charge in [-0.15, -0.1) is 0 Å². The third-order valence-corrected chi connectivity index (χ3v) is 16.6. The van der Waals surface area contributed by atoms with Crippen LogP contribution in [0.2, 0.25) is 0 Å². The molecule has 4 saturated heterocycles. The van der Waals surface area contributed by atoms with E-state index in [1.165, 1.54) is 0 Å². The van der Waals surface area contributed by atoms with E-state index in [0.717, 1.165) is 12.8 Å². The van der Waals surface area contributed by atoms with Crippen molar-refractivity contribution < 1.29 is 84.6 Å². The van der Waals surface area contributed by atoms with Gasteiger partial charge < -0.3 is 84.6 Å². The molecule has 0 aromatic carbocycles. The Balaban J connectivity index is 0.991. The lowest BCUT2D eigenvalue weighted by Crippen LogP contribution is -2.71. The van der Waals surface area contributed by atoms with Gasteiger partial charge in [0, 0.05) is 30.1 Å². The number of aliphatic hydroxyl groups excluding tert-OH is 10. The van der Waals surface area contributed by atoms with Crippen LogP contribution in [0.25, 0.3) is 0 Å². The number of ether oxygens (including phenoxy) is 6. The largest absolute Gasteiger partial charge is 0.394 e. The number of fused-ring (bicyclic) bond motifs is 7. The van der Waals surface area contributed by atoms with Crippen molar-refractivity contribution in [1.29, 1.82) is 0 Å². The van der Waals surface area contributed by atoms with Gasteiger partial charge in [-0.05, 0) is 61.2 Å². The van der Waals surface area contributed by atoms with Crippen molar-refractivity contribution >= 4 is 0 Å². The van der Waals surface area contributed by atoms with Crippen LogP contribution in [0.5, 0.6) is 0 Å². The van der Waals surface area contributed by atoms with E-state index in [4.69, 9.17) is 28.4 Å². The molecule has 17 heteroatoms. The smallest absolute Gasteiger partial charge is 0.187 e. The van der Waals surface area contributed by atoms with Crippen molar-refractivity contribution in [3.05, 3.63) is 0 Å². The summed E-state index contributed by atoms with van der Waals surface area (Å²) in [5.74, 6) is -1.01. The van der Waals surface area contributed by atoms with Crippen LogP contribution in [0.15, 0.2) is 0 Å². The molecule has 0 amide bonds. The van der Waals surface area contributed by atoms with Crippen molar-refractivity contribution in [2.45, 2.75) is 176 Å². The first-order valence-corrected chi connectivity index (χ1v) is 20.7. The molecule has 4 saturated carbocycles. The molecular weight excluding hydrogens is 740 g/mol. The fourth-order valence-corrected chi connectivity index (χ4v) is 13.3. The van der Waals surface area contributed by atoms with Gasteiger partial charge >= 0.3 is 0 Å². The second-order valence-corrected chi connectivity index (χ2v) is 19.2. The molecule has 25 atom stereocenters. The van der Waals surface area contributed by atoms with E-state index >= 15 is 0 Å². The maximum absolute atomic E-state index is 12.3. The highest BCUT2D eigenvalue weighted by Gasteiger charge is 2.73. The molecular formula is C39H64O17. The summed E-state index contributed by atoms with van der Waals surface area (Å²) >= 11 is 0. The number of rotatable bonds is 6. The van der Waals surface area contributed by atoms with E-state index in [-0.39, 0.29) is 59.9 Å². The first-order valence-electron chi connectivity index (χ1n) is 20.7. The number of aliphatic hydroxyl groups is 11. The van der Waals surface area contributed by atoms with Gasteiger partial charge in [-0.2, -0.15) is 0 Å². The predicted octanol–water partition coefficient (Wildman–Crippen LogP) is -2.53. The topological polar surface area (TPSA) is 278 Å². The number of hydrogen-bond acceptors (Lipinski definition) is 17. The maximum Gasteiger partial charge on any atom is 0.187 e. The van der Waals surface area contributed by atoms with Gasteiger partial charge in [-0.3, -0.25) is 0 Å². The lowest BCUT2D eigenvalue weighted by Gasteiger charge is -2.66. The first-order chi connectivity index (χ1) is 26.3. The van der Waals surface area contributed by atoms with E-state index in [2.05, 4.69) is 13.8 Å². The summed E-state index contributed by atoms with van der Waals surface area (Å²) in [6.07, 6.45) is -15.5. The fourth-order valence-electron chi connectivity index (χ4n) is 13.3. The average molecular weight is 805 g/mol. The molecule has 0 unspecified atom stereocenters. The molecule has 322 valence electrons. The molecule has 4 heterocycles. The molecule has 0 aromatic rings. The van der Waals surface area contributed by atoms with E-state index in [1.807, 2.05) is 13.8 Å². The summed E-state index contributed by atoms with van der Waals surface area (Å²) in [5.41, 5.74) is -2.75. The maximum atomic E-state index is 12.3. The van der Waals surface area contributed by atoms with Gasteiger partial charge in [-0.25, -0.2) is 0 Å². The van der Waals surface area contributed by atoms with Crippen molar-refractivity contribution in [3.63, 3.8) is 0 Å². The summed E-state index contributed by atoms with van der Waals surface area (Å²) in [6.45, 7) is 7.48. The Morgan fingerprint density at radius 3 is 1.88 bits per heavy atom. The lowest BCUT2D eigenvalue weighted by atomic mass is 9.42. The zero-order valence-electron chi connectivity index (χ0n) is 32.6. The molecule has 4 aliphatic heterocycles. The van der Waals surface area contributed by atoms with Crippen LogP contribution in [0, 0.1) is 46.3 Å². The number of hydrogen-bond donors (Lipinski definition) is 11. The third kappa shape index (κ3) is 6.13. The standard InChI is InChI=1S/C39H64O17/c1-15-14-51-39(11-22(15)52-34-32(48)30(46)28(44)24(12-40)54-34)16(2)27-21(56-39)8-19-17-7-26(43)38(50)9-20(42)23(10-37(38,4)18(17)5-6-36(19,27)3)53-35-33(49)31(47)29(45)25(13-41)55-35/h15-35,40-50H,5-14H2,1-4H3/t15-,16-,17+,18-,19-,20+,21-,22-,23+,24+,25+,26+,27-,28+,29+,30-,31-,32+,33+,34+,35+,36-,37+,38-,39+/m0/s1. The van der Waals surface area contributed by atoms with E-state index in [9.17, 15) is 56.2 Å². The van der Waals surface area contributed by atoms with Gasteiger partial charge in [0.15, 0.2) is 18.4 Å². The van der Waals surface area contributed by atoms with Gasteiger partial charge in [0.2, 0.25) is 0 Å². The van der Waals surface area contributed by atoms with Crippen LogP contribution < -0.4 is 0 Å². The Labute approximate surface area is 326 Å². The highest BCUT2D eigenvalue weighted by Crippen LogP contribution is 2.72. The minimum Gasteiger partial charge on any atom is -0.394 e. The van der Waals surface area contributed by atoms with Crippen LogP contribution in [0.4, 0.5) is 0 Å². The fraction of sp³-hybridized carbons (Fsp3) is 1.00. The summed E-state index contributed by atoms with van der Waals surface area (Å²) in [5, 5.41) is 118. The summed E-state index contributed by atoms with van der Waals surface area (Å²) < 4.78 is 37.3. The molecule has 17 nitrogen and oxygen atoms in total. The SMILES string of the molecule is C[C@H]1CO[C@]2(C[C@@H]1O[C@@H]1O[C@H](CO)[C@@H](O)[C@H](O)[C@H]1O)O[C@H]1C[C@H]3[C@@H]4C[C@@H](O)[C@@]5(O)C[C@@H](O)[C@H](O[C@@H]6O[C@H](CO)[C@@H](O)[C@H](O)[C@H]6O)C[C@]5(C)[C@H]4CC[C@]3(C)[C@H]1[C@@H]2C. The molecule has 56 heavy (non-hydrogen) atoms. The van der Waals surface area contributed by atoms with Crippen LogP contribution in [0.3, 0.4) is 0 Å². The summed E-state index contributed by atoms with van der Waals surface area (Å²) in [7, 11) is 0. The first kappa shape index (κ1) is 42.0. The van der Waals surface area contributed by atoms with E-state index in [1.54, 1.807) is 0 Å². The zero-order valence-corrected chi connectivity index (χ0v) is 32.6. The molecule has 8 fully saturated rings. The Kier molecular flexibility index (Phi) is 11.1. The second-order valence-electron chi connectivity index (χ2n) is 19.2. The van der Waals surface area contributed by atoms with Gasteiger partial charge in [0.1, 0.15) is 48.8 Å². The summed E-state index contributed by atoms with van der Waals surface area (Å²) in [4.78, 5) is 0. The van der Waals surface area contributed by atoms with Crippen molar-refractivity contribution in [2.24, 2.45) is 46.3 Å². The minimum absolute atomic E-state index is 0.00379. The third-order valence-electron chi connectivity index (χ3n) is 16.6. The zero-order chi connectivity index (χ0) is 40.4. The predicted molar refractivity (Wildman–Crippen MR) is 189 cm³/mol. The molecule has 4 aliphatic carbocycles. The summed E-state index contributed by atoms with van der Waals surface area (Å²) in [6, 6.07) is 0. The van der Waals surface area contributed by atoms with Crippen molar-refractivity contribution in [1.82, 2.24) is 0 Å². The highest BCUT2D eigenvalue weighted by molar-refractivity contribution is 5.21. The van der Waals surface area contributed by atoms with Crippen LogP contribution in [0.1, 0.15) is 72.6 Å². The van der Waals surface area contributed by atoms with Crippen LogP contribution in [-0.4, -0.2) is 179 Å². The molecule has 1 spiro atoms. The second kappa shape index (κ2) is 14.8. The monoisotopic (exact) mass is 804 g/mol. The van der Waals surface area contributed by atoms with Crippen LogP contribution in [-0.2, 0) is 28.4 Å². The molecule has 8 aliphatic rings.